The van der Waals surface area contributed by atoms with Crippen LogP contribution in [-0.2, 0) is 14.4 Å². The molecule has 0 aliphatic carbocycles. The van der Waals surface area contributed by atoms with E-state index in [1.165, 1.54) is 22.7 Å². The van der Waals surface area contributed by atoms with Crippen LogP contribution in [0.3, 0.4) is 0 Å². The number of anilines is 2. The Morgan fingerprint density at radius 1 is 0.860 bits per heavy atom. The fourth-order valence-corrected chi connectivity index (χ4v) is 5.94. The molecule has 1 atom stereocenters. The number of imide groups is 1. The van der Waals surface area contributed by atoms with Gasteiger partial charge in [0, 0.05) is 38.2 Å². The Labute approximate surface area is 262 Å². The SMILES string of the molecule is Cc1ccc(N2C(=O)CC(Sc3ccc(NC(=O)/C(=C/c4c(Cl)cccc4Cl)NC(=O)c4ccccc4)cc3)C2=O)cc1. The molecule has 2 N–H and O–H groups in total. The molecule has 10 heteroatoms. The summed E-state index contributed by atoms with van der Waals surface area (Å²) in [5, 5.41) is 5.51. The van der Waals surface area contributed by atoms with Crippen molar-refractivity contribution in [3.8, 4) is 0 Å². The molecule has 43 heavy (non-hydrogen) atoms. The van der Waals surface area contributed by atoms with Crippen LogP contribution in [-0.4, -0.2) is 28.9 Å². The van der Waals surface area contributed by atoms with Gasteiger partial charge in [-0.15, -0.1) is 11.8 Å². The van der Waals surface area contributed by atoms with Gasteiger partial charge in [0.05, 0.1) is 10.9 Å². The first kappa shape index (κ1) is 30.1. The van der Waals surface area contributed by atoms with Gasteiger partial charge >= 0.3 is 0 Å². The Balaban J connectivity index is 1.30. The molecule has 4 amide bonds. The fourth-order valence-electron chi connectivity index (χ4n) is 4.38. The van der Waals surface area contributed by atoms with E-state index >= 15 is 0 Å². The topological polar surface area (TPSA) is 95.6 Å². The molecular weight excluding hydrogens is 605 g/mol. The summed E-state index contributed by atoms with van der Waals surface area (Å²) < 4.78 is 0. The Bertz CT molecular complexity index is 1710. The highest BCUT2D eigenvalue weighted by Gasteiger charge is 2.40. The molecule has 1 fully saturated rings. The number of thioether (sulfide) groups is 1. The first-order valence-electron chi connectivity index (χ1n) is 13.2. The van der Waals surface area contributed by atoms with E-state index in [1.807, 2.05) is 19.1 Å². The lowest BCUT2D eigenvalue weighted by Gasteiger charge is -2.15. The highest BCUT2D eigenvalue weighted by atomic mass is 35.5. The molecule has 1 saturated heterocycles. The second-order valence-corrected chi connectivity index (χ2v) is 11.8. The fraction of sp³-hybridized carbons (Fsp3) is 0.0909. The lowest BCUT2D eigenvalue weighted by atomic mass is 10.1. The summed E-state index contributed by atoms with van der Waals surface area (Å²) in [7, 11) is 0. The van der Waals surface area contributed by atoms with Crippen molar-refractivity contribution >= 4 is 76.0 Å². The Morgan fingerprint density at radius 3 is 2.16 bits per heavy atom. The maximum Gasteiger partial charge on any atom is 0.272 e. The van der Waals surface area contributed by atoms with Gasteiger partial charge in [0.2, 0.25) is 11.8 Å². The van der Waals surface area contributed by atoms with E-state index in [0.717, 1.165) is 10.5 Å². The lowest BCUT2D eigenvalue weighted by molar-refractivity contribution is -0.121. The van der Waals surface area contributed by atoms with Gasteiger partial charge in [0.15, 0.2) is 0 Å². The van der Waals surface area contributed by atoms with Crippen LogP contribution in [0.25, 0.3) is 6.08 Å². The summed E-state index contributed by atoms with van der Waals surface area (Å²) in [4.78, 5) is 53.9. The molecule has 4 aromatic carbocycles. The van der Waals surface area contributed by atoms with E-state index in [0.29, 0.717) is 32.5 Å². The maximum absolute atomic E-state index is 13.4. The predicted octanol–water partition coefficient (Wildman–Crippen LogP) is 7.14. The average Bonchev–Trinajstić information content (AvgIpc) is 3.28. The summed E-state index contributed by atoms with van der Waals surface area (Å²) in [6.45, 7) is 1.94. The molecule has 0 spiro atoms. The number of amides is 4. The molecule has 5 rings (SSSR count). The first-order valence-corrected chi connectivity index (χ1v) is 14.9. The molecule has 1 aliphatic heterocycles. The van der Waals surface area contributed by atoms with Crippen molar-refractivity contribution < 1.29 is 19.2 Å². The molecule has 1 unspecified atom stereocenters. The van der Waals surface area contributed by atoms with E-state index in [4.69, 9.17) is 23.2 Å². The van der Waals surface area contributed by atoms with Crippen molar-refractivity contribution in [3.63, 3.8) is 0 Å². The molecule has 1 aliphatic rings. The first-order chi connectivity index (χ1) is 20.7. The monoisotopic (exact) mass is 629 g/mol. The smallest absolute Gasteiger partial charge is 0.272 e. The third-order valence-corrected chi connectivity index (χ3v) is 8.46. The minimum absolute atomic E-state index is 0.0615. The number of hydrogen-bond donors (Lipinski definition) is 2. The lowest BCUT2D eigenvalue weighted by Crippen LogP contribution is -2.31. The number of aryl methyl sites for hydroxylation is 1. The van der Waals surface area contributed by atoms with Crippen LogP contribution in [0.15, 0.2) is 108 Å². The molecule has 0 bridgehead atoms. The molecule has 0 radical (unpaired) electrons. The number of halogens is 2. The van der Waals surface area contributed by atoms with Gasteiger partial charge in [0.25, 0.3) is 11.8 Å². The summed E-state index contributed by atoms with van der Waals surface area (Å²) in [5.74, 6) is -1.58. The zero-order chi connectivity index (χ0) is 30.5. The highest BCUT2D eigenvalue weighted by molar-refractivity contribution is 8.00. The largest absolute Gasteiger partial charge is 0.321 e. The van der Waals surface area contributed by atoms with Gasteiger partial charge < -0.3 is 10.6 Å². The van der Waals surface area contributed by atoms with E-state index < -0.39 is 17.1 Å². The summed E-state index contributed by atoms with van der Waals surface area (Å²) >= 11 is 13.9. The zero-order valence-electron chi connectivity index (χ0n) is 22.8. The van der Waals surface area contributed by atoms with Crippen LogP contribution in [0.5, 0.6) is 0 Å². The minimum atomic E-state index is -0.592. The molecule has 4 aromatic rings. The van der Waals surface area contributed by atoms with Crippen molar-refractivity contribution in [2.45, 2.75) is 23.5 Å². The third-order valence-electron chi connectivity index (χ3n) is 6.61. The van der Waals surface area contributed by atoms with E-state index in [1.54, 1.807) is 84.9 Å². The number of benzene rings is 4. The molecule has 7 nitrogen and oxygen atoms in total. The van der Waals surface area contributed by atoms with Crippen molar-refractivity contribution in [3.05, 3.63) is 129 Å². The van der Waals surface area contributed by atoms with Gasteiger partial charge in [-0.25, -0.2) is 4.90 Å². The van der Waals surface area contributed by atoms with Crippen molar-refractivity contribution in [1.82, 2.24) is 5.32 Å². The third kappa shape index (κ3) is 7.17. The highest BCUT2D eigenvalue weighted by Crippen LogP contribution is 2.34. The Kier molecular flexibility index (Phi) is 9.31. The van der Waals surface area contributed by atoms with Crippen molar-refractivity contribution in [1.29, 1.82) is 0 Å². The minimum Gasteiger partial charge on any atom is -0.321 e. The van der Waals surface area contributed by atoms with Crippen molar-refractivity contribution in [2.24, 2.45) is 0 Å². The number of nitrogens with zero attached hydrogens (tertiary/aromatic N) is 1. The average molecular weight is 631 g/mol. The van der Waals surface area contributed by atoms with Crippen LogP contribution < -0.4 is 15.5 Å². The van der Waals surface area contributed by atoms with Crippen LogP contribution in [0.2, 0.25) is 10.0 Å². The van der Waals surface area contributed by atoms with E-state index in [-0.39, 0.29) is 23.9 Å². The summed E-state index contributed by atoms with van der Waals surface area (Å²) in [5.41, 5.74) is 2.74. The summed E-state index contributed by atoms with van der Waals surface area (Å²) in [6.07, 6.45) is 1.52. The van der Waals surface area contributed by atoms with Crippen LogP contribution in [0.1, 0.15) is 27.9 Å². The van der Waals surface area contributed by atoms with Crippen LogP contribution >= 0.6 is 35.0 Å². The van der Waals surface area contributed by atoms with Crippen molar-refractivity contribution in [2.75, 3.05) is 10.2 Å². The standard InChI is InChI=1S/C33H25Cl2N3O4S/c1-20-10-14-23(15-11-20)38-30(39)19-29(33(38)42)43-24-16-12-22(13-17-24)36-32(41)28(18-25-26(34)8-5-9-27(25)35)37-31(40)21-6-3-2-4-7-21/h2-18,29H,19H2,1H3,(H,36,41)(H,37,40)/b28-18-. The molecule has 0 aromatic heterocycles. The van der Waals surface area contributed by atoms with E-state index in [9.17, 15) is 19.2 Å². The number of carbonyl (C=O) groups is 4. The molecule has 1 heterocycles. The number of hydrogen-bond acceptors (Lipinski definition) is 5. The molecule has 216 valence electrons. The van der Waals surface area contributed by atoms with Gasteiger partial charge in [-0.2, -0.15) is 0 Å². The summed E-state index contributed by atoms with van der Waals surface area (Å²) in [6, 6.07) is 27.5. The Hall–Kier alpha value is -4.37. The second-order valence-electron chi connectivity index (χ2n) is 9.71. The quantitative estimate of drug-likeness (QED) is 0.160. The van der Waals surface area contributed by atoms with Crippen LogP contribution in [0.4, 0.5) is 11.4 Å². The molecular formula is C33H25Cl2N3O4S. The van der Waals surface area contributed by atoms with Crippen LogP contribution in [0, 0.1) is 6.92 Å². The number of carbonyl (C=O) groups excluding carboxylic acids is 4. The van der Waals surface area contributed by atoms with Gasteiger partial charge in [0.1, 0.15) is 5.70 Å². The normalized spacial score (nSPS) is 15.0. The zero-order valence-corrected chi connectivity index (χ0v) is 25.2. The number of nitrogens with one attached hydrogen (secondary N) is 2. The van der Waals surface area contributed by atoms with Gasteiger partial charge in [-0.05, 0) is 73.7 Å². The Morgan fingerprint density at radius 2 is 1.51 bits per heavy atom. The van der Waals surface area contributed by atoms with Gasteiger partial charge in [-0.1, -0.05) is 65.2 Å². The van der Waals surface area contributed by atoms with Gasteiger partial charge in [-0.3, -0.25) is 19.2 Å². The van der Waals surface area contributed by atoms with E-state index in [2.05, 4.69) is 10.6 Å². The number of rotatable bonds is 8. The molecule has 0 saturated carbocycles. The second kappa shape index (κ2) is 13.3. The maximum atomic E-state index is 13.4. The predicted molar refractivity (Wildman–Crippen MR) is 171 cm³/mol.